The van der Waals surface area contributed by atoms with Gasteiger partial charge in [-0.2, -0.15) is 0 Å². The molecule has 2 rings (SSSR count). The SMILES string of the molecule is CCC(C)(C)c1ccc(OCCN2CCN(CCOC(C)(C)C)CC2)cc1. The van der Waals surface area contributed by atoms with E-state index in [1.807, 2.05) is 0 Å². The van der Waals surface area contributed by atoms with Gasteiger partial charge in [-0.15, -0.1) is 0 Å². The molecule has 0 saturated carbocycles. The van der Waals surface area contributed by atoms with Crippen molar-refractivity contribution >= 4 is 0 Å². The molecule has 1 saturated heterocycles. The first-order chi connectivity index (χ1) is 12.7. The summed E-state index contributed by atoms with van der Waals surface area (Å²) in [5.74, 6) is 0.976. The molecule has 0 atom stereocenters. The van der Waals surface area contributed by atoms with Crippen LogP contribution in [0.3, 0.4) is 0 Å². The minimum Gasteiger partial charge on any atom is -0.492 e. The number of piperazine rings is 1. The van der Waals surface area contributed by atoms with E-state index in [1.165, 1.54) is 5.56 Å². The molecular weight excluding hydrogens is 336 g/mol. The molecule has 0 spiro atoms. The van der Waals surface area contributed by atoms with Crippen LogP contribution in [0.2, 0.25) is 0 Å². The second-order valence-corrected chi connectivity index (χ2v) is 9.25. The van der Waals surface area contributed by atoms with Gasteiger partial charge in [-0.05, 0) is 50.3 Å². The molecule has 0 amide bonds. The molecule has 4 nitrogen and oxygen atoms in total. The lowest BCUT2D eigenvalue weighted by Crippen LogP contribution is -2.48. The van der Waals surface area contributed by atoms with Crippen molar-refractivity contribution in [3.05, 3.63) is 29.8 Å². The summed E-state index contributed by atoms with van der Waals surface area (Å²) in [6.45, 7) is 21.2. The van der Waals surface area contributed by atoms with Crippen LogP contribution in [-0.4, -0.2) is 67.9 Å². The molecule has 0 N–H and O–H groups in total. The van der Waals surface area contributed by atoms with Crippen molar-refractivity contribution in [2.24, 2.45) is 0 Å². The highest BCUT2D eigenvalue weighted by Crippen LogP contribution is 2.28. The second kappa shape index (κ2) is 9.90. The molecule has 1 fully saturated rings. The summed E-state index contributed by atoms with van der Waals surface area (Å²) in [6, 6.07) is 8.63. The van der Waals surface area contributed by atoms with Crippen LogP contribution in [0, 0.1) is 0 Å². The third-order valence-electron chi connectivity index (χ3n) is 5.60. The Hall–Kier alpha value is -1.10. The van der Waals surface area contributed by atoms with Crippen molar-refractivity contribution in [3.63, 3.8) is 0 Å². The van der Waals surface area contributed by atoms with Gasteiger partial charge in [-0.3, -0.25) is 9.80 Å². The monoisotopic (exact) mass is 376 g/mol. The summed E-state index contributed by atoms with van der Waals surface area (Å²) in [4.78, 5) is 4.99. The van der Waals surface area contributed by atoms with E-state index in [9.17, 15) is 0 Å². The van der Waals surface area contributed by atoms with E-state index in [2.05, 4.69) is 75.6 Å². The van der Waals surface area contributed by atoms with Crippen LogP contribution in [0.5, 0.6) is 5.75 Å². The zero-order chi connectivity index (χ0) is 19.9. The van der Waals surface area contributed by atoms with Gasteiger partial charge in [0.15, 0.2) is 0 Å². The van der Waals surface area contributed by atoms with Crippen LogP contribution in [-0.2, 0) is 10.2 Å². The molecule has 1 aliphatic rings. The average molecular weight is 377 g/mol. The molecule has 1 aromatic carbocycles. The molecule has 154 valence electrons. The van der Waals surface area contributed by atoms with Gasteiger partial charge in [0.2, 0.25) is 0 Å². The van der Waals surface area contributed by atoms with E-state index >= 15 is 0 Å². The van der Waals surface area contributed by atoms with Crippen LogP contribution in [0.15, 0.2) is 24.3 Å². The first-order valence-corrected chi connectivity index (χ1v) is 10.5. The Morgan fingerprint density at radius 3 is 1.81 bits per heavy atom. The molecule has 4 heteroatoms. The van der Waals surface area contributed by atoms with Gasteiger partial charge >= 0.3 is 0 Å². The van der Waals surface area contributed by atoms with E-state index in [0.29, 0.717) is 0 Å². The Labute approximate surface area is 166 Å². The van der Waals surface area contributed by atoms with E-state index in [-0.39, 0.29) is 11.0 Å². The zero-order valence-corrected chi connectivity index (χ0v) is 18.4. The van der Waals surface area contributed by atoms with Crippen molar-refractivity contribution in [2.75, 3.05) is 52.5 Å². The summed E-state index contributed by atoms with van der Waals surface area (Å²) in [5.41, 5.74) is 1.57. The third kappa shape index (κ3) is 7.81. The Bertz CT molecular complexity index is 540. The lowest BCUT2D eigenvalue weighted by Gasteiger charge is -2.35. The smallest absolute Gasteiger partial charge is 0.119 e. The van der Waals surface area contributed by atoms with Crippen LogP contribution in [0.1, 0.15) is 53.5 Å². The lowest BCUT2D eigenvalue weighted by atomic mass is 9.82. The summed E-state index contributed by atoms with van der Waals surface area (Å²) < 4.78 is 11.8. The third-order valence-corrected chi connectivity index (χ3v) is 5.60. The number of nitrogens with zero attached hydrogens (tertiary/aromatic N) is 2. The lowest BCUT2D eigenvalue weighted by molar-refractivity contribution is -0.0181. The summed E-state index contributed by atoms with van der Waals surface area (Å²) in [7, 11) is 0. The van der Waals surface area contributed by atoms with Gasteiger partial charge in [-0.1, -0.05) is 32.9 Å². The maximum Gasteiger partial charge on any atom is 0.119 e. The number of ether oxygens (including phenoxy) is 2. The van der Waals surface area contributed by atoms with Crippen molar-refractivity contribution in [2.45, 2.75) is 59.0 Å². The highest BCUT2D eigenvalue weighted by molar-refractivity contribution is 5.31. The normalized spacial score (nSPS) is 17.3. The quantitative estimate of drug-likeness (QED) is 0.645. The molecule has 1 heterocycles. The molecule has 1 aromatic rings. The maximum atomic E-state index is 5.96. The van der Waals surface area contributed by atoms with Gasteiger partial charge in [-0.25, -0.2) is 0 Å². The number of hydrogen-bond acceptors (Lipinski definition) is 4. The largest absolute Gasteiger partial charge is 0.492 e. The van der Waals surface area contributed by atoms with E-state index in [4.69, 9.17) is 9.47 Å². The van der Waals surface area contributed by atoms with Gasteiger partial charge in [0.25, 0.3) is 0 Å². The Kier molecular flexibility index (Phi) is 8.14. The van der Waals surface area contributed by atoms with Crippen LogP contribution in [0.25, 0.3) is 0 Å². The van der Waals surface area contributed by atoms with Crippen molar-refractivity contribution in [3.8, 4) is 5.75 Å². The van der Waals surface area contributed by atoms with E-state index in [1.54, 1.807) is 0 Å². The fraction of sp³-hybridized carbons (Fsp3) is 0.739. The van der Waals surface area contributed by atoms with Crippen LogP contribution >= 0.6 is 0 Å². The maximum absolute atomic E-state index is 5.96. The zero-order valence-electron chi connectivity index (χ0n) is 18.4. The van der Waals surface area contributed by atoms with E-state index in [0.717, 1.165) is 64.7 Å². The molecule has 27 heavy (non-hydrogen) atoms. The summed E-state index contributed by atoms with van der Waals surface area (Å²) in [5, 5.41) is 0. The number of hydrogen-bond donors (Lipinski definition) is 0. The topological polar surface area (TPSA) is 24.9 Å². The first kappa shape index (κ1) is 22.2. The van der Waals surface area contributed by atoms with Crippen LogP contribution in [0.4, 0.5) is 0 Å². The molecule has 0 unspecified atom stereocenters. The number of rotatable bonds is 9. The van der Waals surface area contributed by atoms with Gasteiger partial charge in [0.05, 0.1) is 12.2 Å². The second-order valence-electron chi connectivity index (χ2n) is 9.25. The Morgan fingerprint density at radius 1 is 0.815 bits per heavy atom. The van der Waals surface area contributed by atoms with Gasteiger partial charge in [0.1, 0.15) is 12.4 Å². The summed E-state index contributed by atoms with van der Waals surface area (Å²) in [6.07, 6.45) is 1.14. The summed E-state index contributed by atoms with van der Waals surface area (Å²) >= 11 is 0. The van der Waals surface area contributed by atoms with Crippen molar-refractivity contribution in [1.82, 2.24) is 9.80 Å². The fourth-order valence-electron chi connectivity index (χ4n) is 3.22. The van der Waals surface area contributed by atoms with Gasteiger partial charge < -0.3 is 9.47 Å². The highest BCUT2D eigenvalue weighted by atomic mass is 16.5. The van der Waals surface area contributed by atoms with Crippen LogP contribution < -0.4 is 4.74 Å². The minimum absolute atomic E-state index is 0.0380. The number of benzene rings is 1. The van der Waals surface area contributed by atoms with E-state index < -0.39 is 0 Å². The standard InChI is InChI=1S/C23H40N2O2/c1-7-23(5,6)20-8-10-21(11-9-20)26-18-16-24-12-14-25(15-13-24)17-19-27-22(2,3)4/h8-11H,7,12-19H2,1-6H3. The Morgan fingerprint density at radius 2 is 1.33 bits per heavy atom. The molecule has 0 radical (unpaired) electrons. The molecule has 0 bridgehead atoms. The fourth-order valence-corrected chi connectivity index (χ4v) is 3.22. The molecule has 0 aliphatic carbocycles. The first-order valence-electron chi connectivity index (χ1n) is 10.5. The van der Waals surface area contributed by atoms with Crippen molar-refractivity contribution < 1.29 is 9.47 Å². The predicted octanol–water partition coefficient (Wildman–Crippen LogP) is 4.19. The predicted molar refractivity (Wildman–Crippen MR) is 114 cm³/mol. The molecule has 1 aliphatic heterocycles. The highest BCUT2D eigenvalue weighted by Gasteiger charge is 2.19. The Balaban J connectivity index is 1.63. The average Bonchev–Trinajstić information content (AvgIpc) is 2.62. The van der Waals surface area contributed by atoms with Crippen molar-refractivity contribution in [1.29, 1.82) is 0 Å². The molecule has 0 aromatic heterocycles. The minimum atomic E-state index is -0.0380. The molecular formula is C23H40N2O2. The van der Waals surface area contributed by atoms with Gasteiger partial charge in [0, 0.05) is 39.3 Å².